The Kier molecular flexibility index (Phi) is 9.64. The van der Waals surface area contributed by atoms with E-state index >= 15 is 0 Å². The van der Waals surface area contributed by atoms with Crippen LogP contribution in [0.5, 0.6) is 0 Å². The predicted octanol–water partition coefficient (Wildman–Crippen LogP) is 14.4. The molecule has 7 heteroatoms. The van der Waals surface area contributed by atoms with Crippen molar-refractivity contribution in [2.24, 2.45) is 0 Å². The van der Waals surface area contributed by atoms with Crippen molar-refractivity contribution >= 4 is 82.8 Å². The van der Waals surface area contributed by atoms with Crippen molar-refractivity contribution in [3.05, 3.63) is 206 Å². The van der Waals surface area contributed by atoms with Gasteiger partial charge in [0.2, 0.25) is 0 Å². The molecule has 0 aliphatic rings. The van der Waals surface area contributed by atoms with Gasteiger partial charge in [-0.3, -0.25) is 0 Å². The summed E-state index contributed by atoms with van der Waals surface area (Å²) in [5.41, 5.74) is 13.5. The Balaban J connectivity index is 0.905. The number of hydrogen-bond donors (Lipinski definition) is 0. The van der Waals surface area contributed by atoms with Gasteiger partial charge in [0.05, 0.1) is 0 Å². The first-order chi connectivity index (χ1) is 28.3. The quantitative estimate of drug-likeness (QED) is 0.129. The van der Waals surface area contributed by atoms with Crippen molar-refractivity contribution in [1.82, 2.24) is 7.96 Å². The van der Waals surface area contributed by atoms with Gasteiger partial charge in [0, 0.05) is 0 Å². The van der Waals surface area contributed by atoms with Gasteiger partial charge in [0.25, 0.3) is 0 Å². The molecular weight excluding hydrogens is 800 g/mol. The van der Waals surface area contributed by atoms with Gasteiger partial charge in [-0.15, -0.1) is 0 Å². The molecule has 4 nitrogen and oxygen atoms in total. The maximum atomic E-state index is 4.97. The van der Waals surface area contributed by atoms with Crippen LogP contribution in [0, 0.1) is 0 Å². The topological polar surface area (TPSA) is 32.3 Å². The van der Waals surface area contributed by atoms with Crippen molar-refractivity contribution in [2.75, 3.05) is 9.80 Å². The maximum absolute atomic E-state index is 4.97. The van der Waals surface area contributed by atoms with Gasteiger partial charge in [-0.1, -0.05) is 72.8 Å². The summed E-state index contributed by atoms with van der Waals surface area (Å²) in [6.45, 7) is 0. The van der Waals surface area contributed by atoms with Crippen molar-refractivity contribution in [2.45, 2.75) is 0 Å². The molecule has 272 valence electrons. The number of nitrogens with zero attached hydrogens (tertiary/aromatic N) is 4. The van der Waals surface area contributed by atoms with Gasteiger partial charge in [0.1, 0.15) is 0 Å². The van der Waals surface area contributed by atoms with Crippen LogP contribution in [0.25, 0.3) is 52.8 Å². The number of para-hydroxylation sites is 4. The largest absolute Gasteiger partial charge is 0.0602 e. The fourth-order valence-corrected chi connectivity index (χ4v) is 10.6. The summed E-state index contributed by atoms with van der Waals surface area (Å²) in [6.07, 6.45) is 0. The minimum atomic E-state index is -0.161. The molecule has 0 saturated carbocycles. The molecule has 0 fully saturated rings. The number of aromatic nitrogens is 2. The molecule has 57 heavy (non-hydrogen) atoms. The monoisotopic (exact) mass is 834 g/mol. The first kappa shape index (κ1) is 35.1. The van der Waals surface area contributed by atoms with E-state index in [9.17, 15) is 0 Å². The molecule has 3 heterocycles. The molecule has 10 rings (SSSR count). The van der Waals surface area contributed by atoms with Crippen LogP contribution in [0.1, 0.15) is 0 Å². The van der Waals surface area contributed by atoms with Crippen LogP contribution in [0.2, 0.25) is 0 Å². The van der Waals surface area contributed by atoms with Gasteiger partial charge in [-0.2, -0.15) is 0 Å². The minimum absolute atomic E-state index is 0.161. The molecule has 10 aromatic rings. The number of fused-ring (bicyclic) bond motifs is 1. The van der Waals surface area contributed by atoms with Crippen LogP contribution >= 0.6 is 22.7 Å². The summed E-state index contributed by atoms with van der Waals surface area (Å²) < 4.78 is 9.94. The zero-order chi connectivity index (χ0) is 38.0. The number of rotatable bonds is 10. The van der Waals surface area contributed by atoms with Crippen molar-refractivity contribution in [3.63, 3.8) is 0 Å². The first-order valence-corrected chi connectivity index (χ1v) is 21.9. The smallest absolute Gasteiger partial charge is 0.0380 e. The van der Waals surface area contributed by atoms with E-state index in [4.69, 9.17) is 7.96 Å². The molecule has 0 unspecified atom stereocenters. The molecule has 7 aromatic carbocycles. The van der Waals surface area contributed by atoms with E-state index < -0.39 is 0 Å². The molecule has 0 saturated heterocycles. The second-order valence-corrected chi connectivity index (χ2v) is 16.8. The van der Waals surface area contributed by atoms with E-state index in [1.165, 1.54) is 30.6 Å². The van der Waals surface area contributed by atoms with Crippen LogP contribution in [0.15, 0.2) is 206 Å². The second-order valence-electron chi connectivity index (χ2n) is 13.6. The van der Waals surface area contributed by atoms with E-state index in [0.29, 0.717) is 0 Å². The van der Waals surface area contributed by atoms with Gasteiger partial charge in [0.15, 0.2) is 0 Å². The van der Waals surface area contributed by atoms with Crippen LogP contribution in [0.4, 0.5) is 34.1 Å². The maximum Gasteiger partial charge on any atom is -0.0380 e. The summed E-state index contributed by atoms with van der Waals surface area (Å²) in [5.74, 6) is 0. The zero-order valence-electron chi connectivity index (χ0n) is 30.6. The summed E-state index contributed by atoms with van der Waals surface area (Å²) in [6, 6.07) is 73.3. The molecule has 0 bridgehead atoms. The minimum Gasteiger partial charge on any atom is -0.0602 e. The SMILES string of the molecule is c1ccc(N(c2ccccc2)c2ccc(-c3ccc(-c4ccc(-c5ccc(-c6ccc(N(c7ccccc7)c7ccccc7)cc6)s5)c5n[se]nc45)s3)cc2)cc1. The fraction of sp³-hybridized carbons (Fsp3) is 0. The Labute approximate surface area is 346 Å². The molecule has 0 aliphatic carbocycles. The van der Waals surface area contributed by atoms with Gasteiger partial charge >= 0.3 is 227 Å². The second kappa shape index (κ2) is 15.7. The Bertz CT molecular complexity index is 2610. The number of benzene rings is 7. The predicted molar refractivity (Wildman–Crippen MR) is 243 cm³/mol. The van der Waals surface area contributed by atoms with Crippen molar-refractivity contribution in [3.8, 4) is 41.8 Å². The van der Waals surface area contributed by atoms with E-state index in [1.807, 2.05) is 0 Å². The Morgan fingerprint density at radius 1 is 0.298 bits per heavy atom. The molecule has 0 atom stereocenters. The summed E-state index contributed by atoms with van der Waals surface area (Å²) in [4.78, 5) is 9.45. The van der Waals surface area contributed by atoms with Crippen LogP contribution in [0.3, 0.4) is 0 Å². The van der Waals surface area contributed by atoms with E-state index in [1.54, 1.807) is 22.7 Å². The normalized spacial score (nSPS) is 11.2. The Hall–Kier alpha value is -6.34. The van der Waals surface area contributed by atoms with Crippen LogP contribution < -0.4 is 9.80 Å². The third kappa shape index (κ3) is 7.03. The standard InChI is InChI=1S/C50H34N4S2Se/c1-5-13-37(14-6-1)53(38-15-7-2-8-16-38)41-25-21-35(22-26-41)45-31-33-47(55-45)43-29-30-44(50-49(43)51-57-52-50)48-34-32-46(56-48)36-23-27-42(28-24-36)54(39-17-9-3-10-18-39)40-19-11-4-12-20-40/h1-34H. The molecule has 0 radical (unpaired) electrons. The number of hydrogen-bond acceptors (Lipinski definition) is 6. The number of anilines is 6. The van der Waals surface area contributed by atoms with Crippen molar-refractivity contribution in [1.29, 1.82) is 0 Å². The van der Waals surface area contributed by atoms with E-state index in [0.717, 1.165) is 56.3 Å². The van der Waals surface area contributed by atoms with Crippen LogP contribution in [-0.2, 0) is 0 Å². The number of thiophene rings is 2. The van der Waals surface area contributed by atoms with Gasteiger partial charge in [-0.25, -0.2) is 0 Å². The molecule has 0 N–H and O–H groups in total. The van der Waals surface area contributed by atoms with Crippen molar-refractivity contribution < 1.29 is 0 Å². The summed E-state index contributed by atoms with van der Waals surface area (Å²) in [7, 11) is 0. The third-order valence-electron chi connectivity index (χ3n) is 10.0. The molecule has 0 spiro atoms. The van der Waals surface area contributed by atoms with Gasteiger partial charge in [-0.05, 0) is 48.5 Å². The third-order valence-corrected chi connectivity index (χ3v) is 13.5. The van der Waals surface area contributed by atoms with E-state index in [-0.39, 0.29) is 15.0 Å². The average Bonchev–Trinajstić information content (AvgIpc) is 4.09. The fourth-order valence-electron chi connectivity index (χ4n) is 7.29. The summed E-state index contributed by atoms with van der Waals surface area (Å²) in [5, 5.41) is 0. The average molecular weight is 834 g/mol. The van der Waals surface area contributed by atoms with Crippen LogP contribution in [-0.4, -0.2) is 22.9 Å². The Morgan fingerprint density at radius 3 is 0.930 bits per heavy atom. The molecule has 0 aliphatic heterocycles. The molecular formula is C50H34N4S2Se. The summed E-state index contributed by atoms with van der Waals surface area (Å²) >= 11 is 3.45. The van der Waals surface area contributed by atoms with Gasteiger partial charge < -0.3 is 0 Å². The first-order valence-electron chi connectivity index (χ1n) is 18.7. The molecule has 3 aromatic heterocycles. The Morgan fingerprint density at radius 2 is 0.596 bits per heavy atom. The molecule has 0 amide bonds. The van der Waals surface area contributed by atoms with E-state index in [2.05, 4.69) is 216 Å². The zero-order valence-corrected chi connectivity index (χ0v) is 34.0.